The van der Waals surface area contributed by atoms with Gasteiger partial charge in [0.25, 0.3) is 0 Å². The Morgan fingerprint density at radius 1 is 1.12 bits per heavy atom. The summed E-state index contributed by atoms with van der Waals surface area (Å²) in [6, 6.07) is 8.24. The minimum atomic E-state index is -0.460. The molecule has 2 aromatic carbocycles. The summed E-state index contributed by atoms with van der Waals surface area (Å²) in [5.41, 5.74) is 2.86. The predicted octanol–water partition coefficient (Wildman–Crippen LogP) is 5.89. The number of hydrogen-bond acceptors (Lipinski definition) is 2. The van der Waals surface area contributed by atoms with Crippen molar-refractivity contribution in [2.24, 2.45) is 4.99 Å². The highest BCUT2D eigenvalue weighted by Gasteiger charge is 2.08. The molecule has 0 aliphatic carbocycles. The van der Waals surface area contributed by atoms with Crippen LogP contribution in [0.5, 0.6) is 11.5 Å². The van der Waals surface area contributed by atoms with Gasteiger partial charge >= 0.3 is 0 Å². The lowest BCUT2D eigenvalue weighted by Crippen LogP contribution is -2.20. The summed E-state index contributed by atoms with van der Waals surface area (Å²) in [5.74, 6) is 0.748. The maximum atomic E-state index is 13.2. The first-order chi connectivity index (χ1) is 11.4. The zero-order valence-electron chi connectivity index (χ0n) is 14.4. The number of aryl methyl sites for hydroxylation is 2. The van der Waals surface area contributed by atoms with E-state index in [9.17, 15) is 4.39 Å². The molecule has 0 saturated carbocycles. The summed E-state index contributed by atoms with van der Waals surface area (Å²) in [5, 5.41) is 0.0438. The van der Waals surface area contributed by atoms with Crippen molar-refractivity contribution < 1.29 is 9.13 Å². The van der Waals surface area contributed by atoms with Gasteiger partial charge in [0.1, 0.15) is 17.3 Å². The van der Waals surface area contributed by atoms with Crippen LogP contribution in [0.4, 0.5) is 10.1 Å². The Kier molecular flexibility index (Phi) is 6.21. The molecule has 5 heteroatoms. The van der Waals surface area contributed by atoms with Gasteiger partial charge < -0.3 is 9.64 Å². The first-order valence-corrected chi connectivity index (χ1v) is 8.34. The van der Waals surface area contributed by atoms with Crippen LogP contribution in [0.1, 0.15) is 25.0 Å². The highest BCUT2D eigenvalue weighted by molar-refractivity contribution is 6.30. The summed E-state index contributed by atoms with van der Waals surface area (Å²) in [6.07, 6.45) is 1.86. The van der Waals surface area contributed by atoms with Crippen LogP contribution in [0.25, 0.3) is 0 Å². The van der Waals surface area contributed by atoms with E-state index in [2.05, 4.69) is 23.7 Å². The van der Waals surface area contributed by atoms with Gasteiger partial charge in [-0.2, -0.15) is 0 Å². The van der Waals surface area contributed by atoms with Gasteiger partial charge in [-0.05, 0) is 63.1 Å². The zero-order chi connectivity index (χ0) is 17.7. The third kappa shape index (κ3) is 4.48. The van der Waals surface area contributed by atoms with Crippen LogP contribution < -0.4 is 4.74 Å². The number of hydrogen-bond donors (Lipinski definition) is 0. The van der Waals surface area contributed by atoms with Crippen LogP contribution in [-0.4, -0.2) is 24.3 Å². The fourth-order valence-corrected chi connectivity index (χ4v) is 2.39. The Morgan fingerprint density at radius 3 is 2.46 bits per heavy atom. The molecular weight excluding hydrogens is 327 g/mol. The fourth-order valence-electron chi connectivity index (χ4n) is 2.22. The zero-order valence-corrected chi connectivity index (χ0v) is 15.2. The van der Waals surface area contributed by atoms with Gasteiger partial charge in [-0.25, -0.2) is 9.38 Å². The van der Waals surface area contributed by atoms with E-state index in [0.717, 1.165) is 29.9 Å². The molecule has 0 atom stereocenters. The maximum absolute atomic E-state index is 13.2. The Bertz CT molecular complexity index is 742. The molecule has 0 aliphatic rings. The highest BCUT2D eigenvalue weighted by atomic mass is 35.5. The fraction of sp³-hybridized carbons (Fsp3) is 0.316. The van der Waals surface area contributed by atoms with Crippen molar-refractivity contribution in [3.8, 4) is 11.5 Å². The first kappa shape index (κ1) is 18.3. The van der Waals surface area contributed by atoms with E-state index in [-0.39, 0.29) is 5.02 Å². The van der Waals surface area contributed by atoms with Gasteiger partial charge in [0, 0.05) is 19.2 Å². The molecule has 0 spiro atoms. The molecule has 24 heavy (non-hydrogen) atoms. The lowest BCUT2D eigenvalue weighted by Gasteiger charge is -2.15. The minimum Gasteiger partial charge on any atom is -0.457 e. The quantitative estimate of drug-likeness (QED) is 0.480. The maximum Gasteiger partial charge on any atom is 0.142 e. The van der Waals surface area contributed by atoms with E-state index >= 15 is 0 Å². The molecule has 0 heterocycles. The topological polar surface area (TPSA) is 24.8 Å². The monoisotopic (exact) mass is 348 g/mol. The number of benzene rings is 2. The van der Waals surface area contributed by atoms with E-state index in [1.807, 2.05) is 32.3 Å². The summed E-state index contributed by atoms with van der Waals surface area (Å²) in [4.78, 5) is 6.68. The van der Waals surface area contributed by atoms with Crippen LogP contribution in [0.15, 0.2) is 35.3 Å². The third-order valence-electron chi connectivity index (χ3n) is 3.78. The first-order valence-electron chi connectivity index (χ1n) is 7.97. The van der Waals surface area contributed by atoms with E-state index in [0.29, 0.717) is 11.5 Å². The van der Waals surface area contributed by atoms with Gasteiger partial charge in [0.05, 0.1) is 17.0 Å². The Balaban J connectivity index is 2.24. The van der Waals surface area contributed by atoms with Crippen LogP contribution >= 0.6 is 11.6 Å². The molecule has 2 rings (SSSR count). The average molecular weight is 349 g/mol. The standard InChI is InChI=1S/C19H22ClFN2O/c1-5-23(6-2)12-22-18-9-14(4)19(10-13(18)3)24-15-7-8-17(21)16(20)11-15/h7-12H,5-6H2,1-4H3. The Labute approximate surface area is 147 Å². The second-order valence-electron chi connectivity index (χ2n) is 5.55. The van der Waals surface area contributed by atoms with E-state index < -0.39 is 5.82 Å². The molecule has 0 aliphatic heterocycles. The van der Waals surface area contributed by atoms with Gasteiger partial charge in [0.15, 0.2) is 0 Å². The van der Waals surface area contributed by atoms with Crippen molar-refractivity contribution in [2.45, 2.75) is 27.7 Å². The molecule has 0 aromatic heterocycles. The van der Waals surface area contributed by atoms with Crippen molar-refractivity contribution in [1.29, 1.82) is 0 Å². The van der Waals surface area contributed by atoms with Crippen LogP contribution in [0, 0.1) is 19.7 Å². The van der Waals surface area contributed by atoms with Gasteiger partial charge in [-0.15, -0.1) is 0 Å². The second kappa shape index (κ2) is 8.15. The molecule has 0 bridgehead atoms. The Morgan fingerprint density at radius 2 is 1.83 bits per heavy atom. The lowest BCUT2D eigenvalue weighted by atomic mass is 10.1. The molecule has 0 saturated heterocycles. The predicted molar refractivity (Wildman–Crippen MR) is 98.5 cm³/mol. The van der Waals surface area contributed by atoms with Crippen molar-refractivity contribution in [3.63, 3.8) is 0 Å². The molecule has 0 amide bonds. The number of rotatable bonds is 6. The smallest absolute Gasteiger partial charge is 0.142 e. The third-order valence-corrected chi connectivity index (χ3v) is 4.07. The largest absolute Gasteiger partial charge is 0.457 e. The summed E-state index contributed by atoms with van der Waals surface area (Å²) in [6.45, 7) is 9.97. The number of halogens is 2. The molecule has 0 unspecified atom stereocenters. The number of nitrogens with zero attached hydrogens (tertiary/aromatic N) is 2. The minimum absolute atomic E-state index is 0.0438. The summed E-state index contributed by atoms with van der Waals surface area (Å²) in [7, 11) is 0. The van der Waals surface area contributed by atoms with Crippen LogP contribution in [0.2, 0.25) is 5.02 Å². The van der Waals surface area contributed by atoms with E-state index in [4.69, 9.17) is 16.3 Å². The molecular formula is C19H22ClFN2O. The van der Waals surface area contributed by atoms with Crippen molar-refractivity contribution >= 4 is 23.6 Å². The van der Waals surface area contributed by atoms with Gasteiger partial charge in [-0.3, -0.25) is 0 Å². The highest BCUT2D eigenvalue weighted by Crippen LogP contribution is 2.32. The number of ether oxygens (including phenoxy) is 1. The average Bonchev–Trinajstić information content (AvgIpc) is 2.56. The molecule has 0 radical (unpaired) electrons. The molecule has 3 nitrogen and oxygen atoms in total. The van der Waals surface area contributed by atoms with Crippen molar-refractivity contribution in [3.05, 3.63) is 52.3 Å². The summed E-state index contributed by atoms with van der Waals surface area (Å²) < 4.78 is 19.1. The van der Waals surface area contributed by atoms with E-state index in [1.54, 1.807) is 6.07 Å². The van der Waals surface area contributed by atoms with E-state index in [1.165, 1.54) is 12.1 Å². The summed E-state index contributed by atoms with van der Waals surface area (Å²) >= 11 is 5.80. The van der Waals surface area contributed by atoms with Crippen LogP contribution in [-0.2, 0) is 0 Å². The normalized spacial score (nSPS) is 11.1. The van der Waals surface area contributed by atoms with Crippen molar-refractivity contribution in [2.75, 3.05) is 13.1 Å². The Hall–Kier alpha value is -2.07. The van der Waals surface area contributed by atoms with Gasteiger partial charge in [-0.1, -0.05) is 11.6 Å². The molecule has 128 valence electrons. The van der Waals surface area contributed by atoms with Gasteiger partial charge in [0.2, 0.25) is 0 Å². The lowest BCUT2D eigenvalue weighted by molar-refractivity contribution is 0.476. The van der Waals surface area contributed by atoms with Crippen molar-refractivity contribution in [1.82, 2.24) is 4.90 Å². The molecule has 2 aromatic rings. The molecule has 0 fully saturated rings. The second-order valence-corrected chi connectivity index (χ2v) is 5.96. The number of aliphatic imine (C=N–C) groups is 1. The molecule has 0 N–H and O–H groups in total. The van der Waals surface area contributed by atoms with Crippen LogP contribution in [0.3, 0.4) is 0 Å². The SMILES string of the molecule is CCN(C=Nc1cc(C)c(Oc2ccc(F)c(Cl)c2)cc1C)CC.